The van der Waals surface area contributed by atoms with Crippen LogP contribution in [-0.4, -0.2) is 49.5 Å². The van der Waals surface area contributed by atoms with Crippen LogP contribution in [0, 0.1) is 5.82 Å². The van der Waals surface area contributed by atoms with E-state index in [4.69, 9.17) is 16.3 Å². The first-order valence-electron chi connectivity index (χ1n) is 10.4. The van der Waals surface area contributed by atoms with Gasteiger partial charge in [-0.3, -0.25) is 4.79 Å². The molecule has 0 radical (unpaired) electrons. The van der Waals surface area contributed by atoms with Gasteiger partial charge in [-0.2, -0.15) is 0 Å². The Balaban J connectivity index is 1.81. The summed E-state index contributed by atoms with van der Waals surface area (Å²) in [6, 6.07) is 0.852. The second-order valence-corrected chi connectivity index (χ2v) is 9.13. The molecule has 0 saturated carbocycles. The van der Waals surface area contributed by atoms with Crippen LogP contribution in [0.5, 0.6) is 0 Å². The van der Waals surface area contributed by atoms with E-state index in [0.717, 1.165) is 0 Å². The van der Waals surface area contributed by atoms with E-state index in [2.05, 4.69) is 20.3 Å². The molecule has 0 spiro atoms. The summed E-state index contributed by atoms with van der Waals surface area (Å²) in [7, 11) is 0. The number of aromatic nitrogens is 4. The number of carbonyl (C=O) groups is 1. The lowest BCUT2D eigenvalue weighted by atomic mass is 9.98. The smallest absolute Gasteiger partial charge is 0.223 e. The van der Waals surface area contributed by atoms with Gasteiger partial charge in [-0.1, -0.05) is 25.4 Å². The van der Waals surface area contributed by atoms with E-state index in [9.17, 15) is 9.90 Å². The fourth-order valence-corrected chi connectivity index (χ4v) is 4.04. The summed E-state index contributed by atoms with van der Waals surface area (Å²) in [5, 5.41) is 13.8. The molecule has 1 aliphatic heterocycles. The third-order valence-corrected chi connectivity index (χ3v) is 5.62. The first-order chi connectivity index (χ1) is 15.1. The Labute approximate surface area is 189 Å². The SMILES string of the molecule is CC(C)c1c(C(C)(C)O)nc2c(F)cc(-c3nc(N[C@@H]4CCOCC4=O)ncc3Cl)cn12. The van der Waals surface area contributed by atoms with Crippen LogP contribution in [0.4, 0.5) is 10.3 Å². The van der Waals surface area contributed by atoms with E-state index >= 15 is 4.39 Å². The zero-order chi connectivity index (χ0) is 23.2. The highest BCUT2D eigenvalue weighted by Gasteiger charge is 2.29. The molecular weight excluding hydrogens is 437 g/mol. The summed E-state index contributed by atoms with van der Waals surface area (Å²) in [5.74, 6) is -0.456. The van der Waals surface area contributed by atoms with Crippen LogP contribution in [-0.2, 0) is 15.1 Å². The minimum absolute atomic E-state index is 0.0290. The number of hydrogen-bond donors (Lipinski definition) is 2. The number of fused-ring (bicyclic) bond motifs is 1. The minimum Gasteiger partial charge on any atom is -0.384 e. The molecule has 1 atom stereocenters. The van der Waals surface area contributed by atoms with Gasteiger partial charge in [0.05, 0.1) is 34.3 Å². The molecule has 0 aliphatic carbocycles. The molecule has 0 aromatic carbocycles. The van der Waals surface area contributed by atoms with Crippen molar-refractivity contribution in [2.24, 2.45) is 0 Å². The molecule has 8 nitrogen and oxygen atoms in total. The van der Waals surface area contributed by atoms with Gasteiger partial charge in [0, 0.05) is 18.4 Å². The summed E-state index contributed by atoms with van der Waals surface area (Å²) in [6.45, 7) is 7.66. The second kappa shape index (κ2) is 8.38. The summed E-state index contributed by atoms with van der Waals surface area (Å²) >= 11 is 6.36. The highest BCUT2D eigenvalue weighted by molar-refractivity contribution is 6.32. The minimum atomic E-state index is -1.24. The lowest BCUT2D eigenvalue weighted by molar-refractivity contribution is -0.128. The molecule has 170 valence electrons. The number of Topliss-reactive ketones (excluding diaryl/α,β-unsaturated/α-hetero) is 1. The van der Waals surface area contributed by atoms with E-state index in [-0.39, 0.29) is 34.9 Å². The maximum atomic E-state index is 15.1. The molecule has 0 amide bonds. The first kappa shape index (κ1) is 22.6. The van der Waals surface area contributed by atoms with Gasteiger partial charge < -0.3 is 19.6 Å². The van der Waals surface area contributed by atoms with Crippen molar-refractivity contribution in [2.75, 3.05) is 18.5 Å². The number of hydrogen-bond acceptors (Lipinski definition) is 7. The lowest BCUT2D eigenvalue weighted by Gasteiger charge is -2.22. The fraction of sp³-hybridized carbons (Fsp3) is 0.455. The topological polar surface area (TPSA) is 102 Å². The predicted octanol–water partition coefficient (Wildman–Crippen LogP) is 3.70. The van der Waals surface area contributed by atoms with Gasteiger partial charge in [-0.25, -0.2) is 19.3 Å². The number of ketones is 1. The molecule has 2 N–H and O–H groups in total. The Hall–Kier alpha value is -2.62. The average molecular weight is 462 g/mol. The van der Waals surface area contributed by atoms with E-state index in [1.54, 1.807) is 24.4 Å². The number of imidazole rings is 1. The van der Waals surface area contributed by atoms with Crippen molar-refractivity contribution in [1.82, 2.24) is 19.4 Å². The molecule has 32 heavy (non-hydrogen) atoms. The summed E-state index contributed by atoms with van der Waals surface area (Å²) in [6.07, 6.45) is 3.62. The number of nitrogens with one attached hydrogen (secondary N) is 1. The van der Waals surface area contributed by atoms with Gasteiger partial charge >= 0.3 is 0 Å². The second-order valence-electron chi connectivity index (χ2n) is 8.72. The average Bonchev–Trinajstić information content (AvgIpc) is 3.12. The standard InChI is InChI=1S/C22H25ClFN5O3/c1-11(2)18-19(22(3,4)31)28-20-14(24)7-12(9-29(18)20)17-13(23)8-25-21(27-17)26-15-5-6-32-10-16(15)30/h7-9,11,15,31H,5-6,10H2,1-4H3,(H,25,26,27)/t15-/m1/s1. The molecule has 3 aromatic heterocycles. The van der Waals surface area contributed by atoms with Crippen LogP contribution in [0.2, 0.25) is 5.02 Å². The lowest BCUT2D eigenvalue weighted by Crippen LogP contribution is -2.38. The van der Waals surface area contributed by atoms with Gasteiger partial charge in [0.25, 0.3) is 0 Å². The normalized spacial score (nSPS) is 17.4. The Morgan fingerprint density at radius 1 is 1.38 bits per heavy atom. The maximum absolute atomic E-state index is 15.1. The molecule has 1 aliphatic rings. The largest absolute Gasteiger partial charge is 0.384 e. The van der Waals surface area contributed by atoms with Crippen LogP contribution < -0.4 is 5.32 Å². The van der Waals surface area contributed by atoms with Gasteiger partial charge in [-0.05, 0) is 32.3 Å². The maximum Gasteiger partial charge on any atom is 0.223 e. The van der Waals surface area contributed by atoms with Crippen molar-refractivity contribution in [3.8, 4) is 11.3 Å². The molecule has 3 aromatic rings. The van der Waals surface area contributed by atoms with Crippen molar-refractivity contribution in [2.45, 2.75) is 51.7 Å². The van der Waals surface area contributed by atoms with Crippen LogP contribution >= 0.6 is 11.6 Å². The van der Waals surface area contributed by atoms with Gasteiger partial charge in [0.2, 0.25) is 5.95 Å². The molecule has 1 fully saturated rings. The highest BCUT2D eigenvalue weighted by Crippen LogP contribution is 2.33. The summed E-state index contributed by atoms with van der Waals surface area (Å²) < 4.78 is 21.9. The third kappa shape index (κ3) is 4.20. The molecule has 4 rings (SSSR count). The van der Waals surface area contributed by atoms with Crippen LogP contribution in [0.15, 0.2) is 18.5 Å². The molecule has 0 unspecified atom stereocenters. The van der Waals surface area contributed by atoms with E-state index < -0.39 is 17.5 Å². The van der Waals surface area contributed by atoms with E-state index in [0.29, 0.717) is 35.7 Å². The van der Waals surface area contributed by atoms with Crippen LogP contribution in [0.25, 0.3) is 16.9 Å². The predicted molar refractivity (Wildman–Crippen MR) is 118 cm³/mol. The fourth-order valence-electron chi connectivity index (χ4n) is 3.84. The van der Waals surface area contributed by atoms with Crippen LogP contribution in [0.3, 0.4) is 0 Å². The number of nitrogens with zero attached hydrogens (tertiary/aromatic N) is 4. The third-order valence-electron chi connectivity index (χ3n) is 5.34. The van der Waals surface area contributed by atoms with Gasteiger partial charge in [0.15, 0.2) is 17.2 Å². The van der Waals surface area contributed by atoms with Gasteiger partial charge in [0.1, 0.15) is 12.2 Å². The Kier molecular flexibility index (Phi) is 5.91. The van der Waals surface area contributed by atoms with Crippen molar-refractivity contribution in [3.63, 3.8) is 0 Å². The van der Waals surface area contributed by atoms with Gasteiger partial charge in [-0.15, -0.1) is 0 Å². The number of halogens is 2. The number of carbonyl (C=O) groups excluding carboxylic acids is 1. The van der Waals surface area contributed by atoms with E-state index in [1.807, 2.05) is 13.8 Å². The quantitative estimate of drug-likeness (QED) is 0.597. The Bertz CT molecular complexity index is 1190. The summed E-state index contributed by atoms with van der Waals surface area (Å²) in [5.41, 5.74) is 0.731. The van der Waals surface area contributed by atoms with Crippen molar-refractivity contribution < 1.29 is 19.0 Å². The molecule has 10 heteroatoms. The number of aliphatic hydroxyl groups is 1. The first-order valence-corrected chi connectivity index (χ1v) is 10.8. The highest BCUT2D eigenvalue weighted by atomic mass is 35.5. The Morgan fingerprint density at radius 2 is 2.12 bits per heavy atom. The van der Waals surface area contributed by atoms with Crippen molar-refractivity contribution in [3.05, 3.63) is 40.7 Å². The zero-order valence-corrected chi connectivity index (χ0v) is 19.1. The van der Waals surface area contributed by atoms with E-state index in [1.165, 1.54) is 12.3 Å². The number of anilines is 1. The molecular formula is C22H25ClFN5O3. The molecule has 4 heterocycles. The van der Waals surface area contributed by atoms with Crippen LogP contribution in [0.1, 0.15) is 51.4 Å². The zero-order valence-electron chi connectivity index (χ0n) is 18.3. The Morgan fingerprint density at radius 3 is 2.78 bits per heavy atom. The van der Waals surface area contributed by atoms with Crippen molar-refractivity contribution >= 4 is 29.0 Å². The number of ether oxygens (including phenoxy) is 1. The van der Waals surface area contributed by atoms with Crippen molar-refractivity contribution in [1.29, 1.82) is 0 Å². The number of rotatable bonds is 5. The monoisotopic (exact) mass is 461 g/mol. The number of pyridine rings is 1. The summed E-state index contributed by atoms with van der Waals surface area (Å²) in [4.78, 5) is 25.0. The molecule has 1 saturated heterocycles. The molecule has 0 bridgehead atoms.